The van der Waals surface area contributed by atoms with Crippen molar-refractivity contribution in [3.05, 3.63) is 0 Å². The zero-order chi connectivity index (χ0) is 41.2. The molecule has 326 valence electrons. The summed E-state index contributed by atoms with van der Waals surface area (Å²) >= 11 is 0. The second-order valence-corrected chi connectivity index (χ2v) is 15.1. The number of carboxylic acid groups (broad SMARTS) is 3. The highest BCUT2D eigenvalue weighted by Gasteiger charge is 1.99. The zero-order valence-corrected chi connectivity index (χ0v) is 35.9. The molecule has 0 aromatic rings. The van der Waals surface area contributed by atoms with Gasteiger partial charge in [-0.1, -0.05) is 213 Å². The molecule has 0 bridgehead atoms. The van der Waals surface area contributed by atoms with Crippen molar-refractivity contribution in [1.29, 1.82) is 0 Å². The molecule has 0 heterocycles. The van der Waals surface area contributed by atoms with E-state index in [1.165, 1.54) is 173 Å². The summed E-state index contributed by atoms with van der Waals surface area (Å²) in [5.41, 5.74) is 0. The highest BCUT2D eigenvalue weighted by atomic mass is 16.4. The second kappa shape index (κ2) is 55.6. The number of carboxylic acids is 3. The Bertz CT molecular complexity index is 628. The third kappa shape index (κ3) is 71.7. The van der Waals surface area contributed by atoms with E-state index in [1.54, 1.807) is 0 Å². The maximum absolute atomic E-state index is 10.3. The van der Waals surface area contributed by atoms with E-state index in [1.807, 2.05) is 0 Å². The Balaban J connectivity index is -0.000000322. The fourth-order valence-electron chi connectivity index (χ4n) is 5.88. The van der Waals surface area contributed by atoms with Crippen LogP contribution in [0.2, 0.25) is 0 Å². The van der Waals surface area contributed by atoms with Crippen LogP contribution in [0.5, 0.6) is 0 Å². The van der Waals surface area contributed by atoms with E-state index in [0.717, 1.165) is 38.5 Å². The van der Waals surface area contributed by atoms with E-state index < -0.39 is 24.0 Å². The van der Waals surface area contributed by atoms with Gasteiger partial charge in [-0.15, -0.1) is 0 Å². The average Bonchev–Trinajstić information content (AvgIpc) is 3.15. The van der Waals surface area contributed by atoms with Crippen molar-refractivity contribution in [2.75, 3.05) is 13.2 Å². The first kappa shape index (κ1) is 59.0. The normalized spacial score (nSPS) is 10.5. The van der Waals surface area contributed by atoms with Crippen molar-refractivity contribution >= 4 is 17.9 Å². The monoisotopic (exact) mass is 777 g/mol. The lowest BCUT2D eigenvalue weighted by Crippen LogP contribution is -2.15. The minimum absolute atomic E-state index is 0.344. The van der Waals surface area contributed by atoms with E-state index in [2.05, 4.69) is 20.8 Å². The van der Waals surface area contributed by atoms with Gasteiger partial charge >= 0.3 is 17.9 Å². The van der Waals surface area contributed by atoms with Crippen molar-refractivity contribution in [3.8, 4) is 0 Å². The number of rotatable bonds is 38. The summed E-state index contributed by atoms with van der Waals surface area (Å²) in [6, 6.07) is 0. The summed E-state index contributed by atoms with van der Waals surface area (Å²) in [6.07, 6.45) is 42.1. The molecule has 0 fully saturated rings. The first-order chi connectivity index (χ1) is 26.1. The average molecular weight is 777 g/mol. The molecular formula is C45H92O9. The molecule has 0 atom stereocenters. The van der Waals surface area contributed by atoms with E-state index in [4.69, 9.17) is 30.6 Å². The lowest BCUT2D eigenvalue weighted by Gasteiger charge is -2.01. The maximum Gasteiger partial charge on any atom is 0.303 e. The molecule has 0 spiro atoms. The van der Waals surface area contributed by atoms with Crippen LogP contribution in [0.4, 0.5) is 0 Å². The van der Waals surface area contributed by atoms with Gasteiger partial charge in [-0.05, 0) is 19.3 Å². The Morgan fingerprint density at radius 3 is 0.574 bits per heavy atom. The molecule has 0 saturated carbocycles. The number of aliphatic carboxylic acids is 3. The molecule has 0 rings (SSSR count). The predicted octanol–water partition coefficient (Wildman–Crippen LogP) is 12.6. The van der Waals surface area contributed by atoms with Crippen LogP contribution in [0.15, 0.2) is 0 Å². The van der Waals surface area contributed by atoms with Crippen molar-refractivity contribution in [2.24, 2.45) is 0 Å². The fourth-order valence-corrected chi connectivity index (χ4v) is 5.88. The summed E-state index contributed by atoms with van der Waals surface area (Å²) in [6.45, 7) is 6.01. The summed E-state index contributed by atoms with van der Waals surface area (Å²) in [5, 5.41) is 49.4. The number of hydrogen-bond donors (Lipinski definition) is 6. The fraction of sp³-hybridized carbons (Fsp3) is 0.933. The number of unbranched alkanes of at least 4 members (excludes halogenated alkanes) is 30. The predicted molar refractivity (Wildman–Crippen MR) is 226 cm³/mol. The molecule has 0 aromatic carbocycles. The minimum Gasteiger partial charge on any atom is -0.481 e. The highest BCUT2D eigenvalue weighted by Crippen LogP contribution is 2.14. The zero-order valence-electron chi connectivity index (χ0n) is 35.9. The quantitative estimate of drug-likeness (QED) is 0.0334. The molecule has 0 aliphatic rings. The number of hydrogen-bond acceptors (Lipinski definition) is 6. The van der Waals surface area contributed by atoms with Crippen molar-refractivity contribution < 1.29 is 45.0 Å². The van der Waals surface area contributed by atoms with Crippen LogP contribution >= 0.6 is 0 Å². The minimum atomic E-state index is -0.954. The SMILES string of the molecule is CCCCCCCCCCCCCC(=O)O.CCCCCCCCCCCCCC(=O)O.CCCCCCCCCCCCCC(=O)O.OCC(O)CO. The first-order valence-electron chi connectivity index (χ1n) is 22.7. The van der Waals surface area contributed by atoms with Gasteiger partial charge in [0.15, 0.2) is 0 Å². The van der Waals surface area contributed by atoms with Gasteiger partial charge < -0.3 is 30.6 Å². The Morgan fingerprint density at radius 2 is 0.463 bits per heavy atom. The molecule has 54 heavy (non-hydrogen) atoms. The Kier molecular flexibility index (Phi) is 60.8. The van der Waals surface area contributed by atoms with Gasteiger partial charge in [-0.25, -0.2) is 0 Å². The Hall–Kier alpha value is -1.71. The number of aliphatic hydroxyl groups is 3. The molecule has 9 heteroatoms. The van der Waals surface area contributed by atoms with E-state index in [-0.39, 0.29) is 13.2 Å². The van der Waals surface area contributed by atoms with Crippen molar-refractivity contribution in [1.82, 2.24) is 0 Å². The van der Waals surface area contributed by atoms with Gasteiger partial charge in [0.1, 0.15) is 6.10 Å². The van der Waals surface area contributed by atoms with E-state index in [0.29, 0.717) is 19.3 Å². The molecule has 0 radical (unpaired) electrons. The van der Waals surface area contributed by atoms with Gasteiger partial charge in [-0.3, -0.25) is 14.4 Å². The molecule has 6 N–H and O–H groups in total. The molecule has 0 unspecified atom stereocenters. The molecule has 9 nitrogen and oxygen atoms in total. The van der Waals surface area contributed by atoms with Gasteiger partial charge in [0, 0.05) is 19.3 Å². The van der Waals surface area contributed by atoms with Crippen LogP contribution in [0.3, 0.4) is 0 Å². The largest absolute Gasteiger partial charge is 0.481 e. The van der Waals surface area contributed by atoms with Gasteiger partial charge in [0.05, 0.1) is 13.2 Å². The molecule has 0 saturated heterocycles. The van der Waals surface area contributed by atoms with E-state index in [9.17, 15) is 14.4 Å². The lowest BCUT2D eigenvalue weighted by atomic mass is 10.1. The molecule has 0 aliphatic heterocycles. The summed E-state index contributed by atoms with van der Waals surface area (Å²) in [4.78, 5) is 30.8. The van der Waals surface area contributed by atoms with Crippen LogP contribution in [0.1, 0.15) is 252 Å². The molecule has 0 amide bonds. The molecule has 0 aliphatic carbocycles. The third-order valence-corrected chi connectivity index (χ3v) is 9.40. The van der Waals surface area contributed by atoms with Crippen LogP contribution in [-0.2, 0) is 14.4 Å². The van der Waals surface area contributed by atoms with E-state index >= 15 is 0 Å². The topological polar surface area (TPSA) is 173 Å². The standard InChI is InChI=1S/3C14H28O2.C3H8O3/c3*1-2-3-4-5-6-7-8-9-10-11-12-13-14(15)16;4-1-3(6)2-5/h3*2-13H2,1H3,(H,15,16);3-6H,1-2H2. The number of carbonyl (C=O) groups is 3. The van der Waals surface area contributed by atoms with Crippen molar-refractivity contribution in [3.63, 3.8) is 0 Å². The maximum atomic E-state index is 10.3. The van der Waals surface area contributed by atoms with Crippen LogP contribution in [-0.4, -0.2) is 67.9 Å². The van der Waals surface area contributed by atoms with Gasteiger partial charge in [0.25, 0.3) is 0 Å². The molecule has 0 aromatic heterocycles. The van der Waals surface area contributed by atoms with Crippen LogP contribution in [0.25, 0.3) is 0 Å². The van der Waals surface area contributed by atoms with Gasteiger partial charge in [-0.2, -0.15) is 0 Å². The lowest BCUT2D eigenvalue weighted by molar-refractivity contribution is -0.138. The highest BCUT2D eigenvalue weighted by molar-refractivity contribution is 5.67. The summed E-state index contributed by atoms with van der Waals surface area (Å²) in [7, 11) is 0. The molecular weight excluding hydrogens is 684 g/mol. The first-order valence-corrected chi connectivity index (χ1v) is 22.7. The summed E-state index contributed by atoms with van der Waals surface area (Å²) in [5.74, 6) is -1.97. The smallest absolute Gasteiger partial charge is 0.303 e. The summed E-state index contributed by atoms with van der Waals surface area (Å²) < 4.78 is 0. The Morgan fingerprint density at radius 1 is 0.315 bits per heavy atom. The second-order valence-electron chi connectivity index (χ2n) is 15.1. The van der Waals surface area contributed by atoms with Gasteiger partial charge in [0.2, 0.25) is 0 Å². The third-order valence-electron chi connectivity index (χ3n) is 9.40. The van der Waals surface area contributed by atoms with Crippen LogP contribution < -0.4 is 0 Å². The Labute approximate surface area is 333 Å². The van der Waals surface area contributed by atoms with Crippen molar-refractivity contribution in [2.45, 2.75) is 258 Å². The number of aliphatic hydroxyl groups excluding tert-OH is 3. The van der Waals surface area contributed by atoms with Crippen LogP contribution in [0, 0.1) is 0 Å².